The molecule has 0 saturated heterocycles. The van der Waals surface area contributed by atoms with Gasteiger partial charge in [0.05, 0.1) is 34.9 Å². The van der Waals surface area contributed by atoms with Crippen LogP contribution >= 0.6 is 10.1 Å². The summed E-state index contributed by atoms with van der Waals surface area (Å²) in [5.41, 5.74) is 2.00. The van der Waals surface area contributed by atoms with E-state index in [1.165, 1.54) is 24.8 Å². The van der Waals surface area contributed by atoms with Crippen LogP contribution in [0, 0.1) is 6.92 Å². The van der Waals surface area contributed by atoms with Crippen LogP contribution < -0.4 is 16.5 Å². The molecule has 13 heteroatoms. The number of carbonyl (C=O) groups is 2. The van der Waals surface area contributed by atoms with Crippen molar-refractivity contribution in [1.29, 1.82) is 0 Å². The second-order valence-corrected chi connectivity index (χ2v) is 12.1. The summed E-state index contributed by atoms with van der Waals surface area (Å²) in [5, 5.41) is 22.1. The van der Waals surface area contributed by atoms with Crippen LogP contribution in [0.4, 0.5) is 0 Å². The van der Waals surface area contributed by atoms with E-state index < -0.39 is 17.1 Å². The van der Waals surface area contributed by atoms with Gasteiger partial charge >= 0.3 is 36.6 Å². The Morgan fingerprint density at radius 3 is 1.30 bits per heavy atom. The molecule has 0 spiro atoms. The Kier molecular flexibility index (Phi) is 12.5. The summed E-state index contributed by atoms with van der Waals surface area (Å²) in [7, 11) is 4.20. The van der Waals surface area contributed by atoms with Crippen LogP contribution in [-0.2, 0) is 15.1 Å². The third-order valence-corrected chi connectivity index (χ3v) is 8.41. The van der Waals surface area contributed by atoms with E-state index in [0.29, 0.717) is 27.8 Å². The summed E-state index contributed by atoms with van der Waals surface area (Å²) in [6.07, 6.45) is 5.01. The van der Waals surface area contributed by atoms with Gasteiger partial charge in [0.2, 0.25) is 0 Å². The fourth-order valence-electron chi connectivity index (χ4n) is 5.78. The first-order chi connectivity index (χ1) is 27.3. The first-order valence-electron chi connectivity index (χ1n) is 16.9. The van der Waals surface area contributed by atoms with Crippen LogP contribution in [-0.4, -0.2) is 43.3 Å². The summed E-state index contributed by atoms with van der Waals surface area (Å²) in [5.74, 6) is -1.22. The van der Waals surface area contributed by atoms with E-state index in [1.54, 1.807) is 128 Å². The third-order valence-electron chi connectivity index (χ3n) is 8.41. The molecule has 0 amide bonds. The number of carbonyl (C=O) groups excluding carboxylic acids is 2. The molecule has 0 aliphatic carbocycles. The van der Waals surface area contributed by atoms with Gasteiger partial charge in [0.25, 0.3) is 0 Å². The van der Waals surface area contributed by atoms with E-state index in [0.717, 1.165) is 9.35 Å². The topological polar surface area (TPSA) is 152 Å². The van der Waals surface area contributed by atoms with Crippen LogP contribution in [0.1, 0.15) is 48.5 Å². The Bertz CT molecular complexity index is 2520. The van der Waals surface area contributed by atoms with Crippen LogP contribution in [0.5, 0.6) is 5.75 Å². The Morgan fingerprint density at radius 2 is 0.946 bits per heavy atom. The van der Waals surface area contributed by atoms with Gasteiger partial charge in [-0.3, -0.25) is 9.59 Å². The van der Waals surface area contributed by atoms with E-state index in [9.17, 15) is 24.3 Å². The Hall–Kier alpha value is -6.85. The number of nitrogens with zero attached hydrogens (tertiary/aromatic N) is 6. The number of rotatable bonds is 10. The van der Waals surface area contributed by atoms with Crippen LogP contribution in [0.25, 0.3) is 22.5 Å². The average molecular weight is 809 g/mol. The van der Waals surface area contributed by atoms with E-state index >= 15 is 0 Å². The molecule has 0 aliphatic rings. The molecule has 0 unspecified atom stereocenters. The molecule has 7 aromatic rings. The van der Waals surface area contributed by atoms with Gasteiger partial charge in [-0.25, -0.2) is 9.59 Å². The number of halogens is 1. The molecule has 7 rings (SSSR count). The van der Waals surface area contributed by atoms with E-state index in [2.05, 4.69) is 45.4 Å². The molecular weight excluding hydrogens is 780 g/mol. The third kappa shape index (κ3) is 8.75. The molecule has 2 aromatic heterocycles. The molecule has 5 aromatic carbocycles. The second kappa shape index (κ2) is 18.0. The summed E-state index contributed by atoms with van der Waals surface area (Å²) in [6.45, 7) is 1.76. The maximum atomic E-state index is 13.6. The minimum absolute atomic E-state index is 0.108. The molecular formula is C43H29ClCuN6O5. The van der Waals surface area contributed by atoms with Crippen molar-refractivity contribution in [3.05, 3.63) is 206 Å². The number of benzene rings is 5. The summed E-state index contributed by atoms with van der Waals surface area (Å²) >= 11 is 3.66. The summed E-state index contributed by atoms with van der Waals surface area (Å²) < 4.78 is 1.81. The van der Waals surface area contributed by atoms with E-state index in [4.69, 9.17) is 0 Å². The van der Waals surface area contributed by atoms with Gasteiger partial charge in [-0.15, -0.1) is 0 Å². The van der Waals surface area contributed by atoms with Gasteiger partial charge in [-0.2, -0.15) is 29.5 Å². The number of aromatic nitrogens is 4. The zero-order chi connectivity index (χ0) is 39.6. The van der Waals surface area contributed by atoms with Crippen molar-refractivity contribution in [2.24, 2.45) is 10.2 Å². The van der Waals surface area contributed by atoms with Crippen LogP contribution in [0.2, 0.25) is 0 Å². The van der Waals surface area contributed by atoms with Gasteiger partial charge in [-0.05, 0) is 23.6 Å². The molecule has 0 atom stereocenters. The number of hydrogen-bond donors (Lipinski definition) is 0. The molecule has 11 nitrogen and oxygen atoms in total. The average Bonchev–Trinajstić information content (AvgIpc) is 3.25. The molecule has 0 saturated carbocycles. The minimum atomic E-state index is -0.761. The molecule has 2 heterocycles. The Balaban J connectivity index is 0.00000262. The van der Waals surface area contributed by atoms with Crippen molar-refractivity contribution in [2.45, 2.75) is 6.92 Å². The van der Waals surface area contributed by atoms with E-state index in [1.807, 2.05) is 12.1 Å². The van der Waals surface area contributed by atoms with Crippen molar-refractivity contribution in [2.75, 3.05) is 0 Å². The zero-order valence-electron chi connectivity index (χ0n) is 29.4. The molecule has 0 radical (unpaired) electrons. The van der Waals surface area contributed by atoms with Gasteiger partial charge in [0, 0.05) is 34.6 Å². The van der Waals surface area contributed by atoms with Crippen LogP contribution in [0.3, 0.4) is 0 Å². The molecule has 0 N–H and O–H groups in total. The van der Waals surface area contributed by atoms with E-state index in [-0.39, 0.29) is 45.2 Å². The first kappa shape index (κ1) is 38.9. The quantitative estimate of drug-likeness (QED) is 0.0878. The standard InChI is InChI=1S/C43H30N6O5.ClH.Cu/c1-28-22-33(24-44-48-26-35(40(51)31-18-10-4-11-19-31)37(46-42(48)53)29-14-6-2-7-15-29)39(50)34(23-28)25-45-49-27-36(41(52)32-20-12-5-13-21-32)38(47-43(49)54)30-16-8-3-9-17-30;;/h2-27,50H,1H3;1H;/q;;+2/p-2/b44-24+,45-25+;;. The van der Waals surface area contributed by atoms with Gasteiger partial charge in [0.15, 0.2) is 11.6 Å². The number of hydrogen-bond acceptors (Lipinski definition) is 9. The predicted molar refractivity (Wildman–Crippen MR) is 210 cm³/mol. The SMILES string of the molecule is Cc1cc(/C=N/n2cc(C(=O)c3ccccc3)c(-c3ccccc3)nc2=O)c([O-])c(/C=N/n2cc(C(=O)c3ccccc3)c(-c3ccccc3)nc2=O)c1.[Cl][Cu+]. The van der Waals surface area contributed by atoms with Crippen molar-refractivity contribution >= 4 is 34.1 Å². The van der Waals surface area contributed by atoms with Crippen LogP contribution in [0.15, 0.2) is 166 Å². The first-order valence-corrected chi connectivity index (χ1v) is 18.2. The van der Waals surface area contributed by atoms with Crippen molar-refractivity contribution < 1.29 is 29.8 Å². The van der Waals surface area contributed by atoms with Gasteiger partial charge < -0.3 is 5.11 Å². The monoisotopic (exact) mass is 807 g/mol. The van der Waals surface area contributed by atoms with Gasteiger partial charge in [-0.1, -0.05) is 139 Å². The molecule has 0 aliphatic heterocycles. The Labute approximate surface area is 333 Å². The fraction of sp³-hybridized carbons (Fsp3) is 0.0233. The molecule has 56 heavy (non-hydrogen) atoms. The van der Waals surface area contributed by atoms with Crippen molar-refractivity contribution in [1.82, 2.24) is 19.3 Å². The molecule has 0 bridgehead atoms. The number of ketones is 2. The van der Waals surface area contributed by atoms with Gasteiger partial charge in [0.1, 0.15) is 0 Å². The van der Waals surface area contributed by atoms with Crippen molar-refractivity contribution in [3.8, 4) is 28.3 Å². The summed E-state index contributed by atoms with van der Waals surface area (Å²) in [6, 6.07) is 38.1. The fourth-order valence-corrected chi connectivity index (χ4v) is 5.78. The predicted octanol–water partition coefficient (Wildman–Crippen LogP) is 6.43. The number of aryl methyl sites for hydroxylation is 1. The zero-order valence-corrected chi connectivity index (χ0v) is 31.1. The Morgan fingerprint density at radius 1 is 0.607 bits per heavy atom. The summed E-state index contributed by atoms with van der Waals surface area (Å²) in [4.78, 5) is 62.1. The van der Waals surface area contributed by atoms with Crippen molar-refractivity contribution in [3.63, 3.8) is 0 Å². The molecule has 279 valence electrons. The normalized spacial score (nSPS) is 11.0. The maximum absolute atomic E-state index is 13.6. The second-order valence-electron chi connectivity index (χ2n) is 12.1. The molecule has 0 fully saturated rings.